The van der Waals surface area contributed by atoms with Gasteiger partial charge in [-0.3, -0.25) is 0 Å². The standard InChI is InChI=1S/C5H12NO6PS/c7-3-2(1-6-13(10,11)14)12-5(9)4(3)8/h2-5,7-9H,1H2,(H3,6,10,11,14)/t2-,3?,4?,5-/m1/s1. The molecule has 1 rings (SSSR count). The first-order valence-corrected chi connectivity index (χ1v) is 6.52. The summed E-state index contributed by atoms with van der Waals surface area (Å²) >= 11 is 4.27. The molecule has 0 bridgehead atoms. The molecule has 0 spiro atoms. The van der Waals surface area contributed by atoms with E-state index in [1.54, 1.807) is 0 Å². The minimum atomic E-state index is -3.56. The molecule has 1 aliphatic heterocycles. The zero-order valence-electron chi connectivity index (χ0n) is 7.02. The van der Waals surface area contributed by atoms with Crippen molar-refractivity contribution in [3.63, 3.8) is 0 Å². The lowest BCUT2D eigenvalue weighted by Gasteiger charge is -2.16. The molecule has 0 aromatic carbocycles. The topological polar surface area (TPSA) is 122 Å². The van der Waals surface area contributed by atoms with Crippen molar-refractivity contribution in [1.29, 1.82) is 0 Å². The summed E-state index contributed by atoms with van der Waals surface area (Å²) in [7, 11) is 0. The zero-order chi connectivity index (χ0) is 10.9. The van der Waals surface area contributed by atoms with Crippen molar-refractivity contribution in [2.45, 2.75) is 24.6 Å². The van der Waals surface area contributed by atoms with E-state index in [1.165, 1.54) is 0 Å². The van der Waals surface area contributed by atoms with Gasteiger partial charge in [-0.1, -0.05) is 0 Å². The number of aliphatic hydroxyl groups is 3. The lowest BCUT2D eigenvalue weighted by Crippen LogP contribution is -2.37. The van der Waals surface area contributed by atoms with Gasteiger partial charge in [0.25, 0.3) is 6.64 Å². The molecule has 7 nitrogen and oxygen atoms in total. The van der Waals surface area contributed by atoms with Crippen LogP contribution in [0, 0.1) is 0 Å². The molecule has 2 unspecified atom stereocenters. The van der Waals surface area contributed by atoms with Gasteiger partial charge in [0.2, 0.25) is 0 Å². The quantitative estimate of drug-likeness (QED) is 0.295. The molecule has 0 aliphatic carbocycles. The van der Waals surface area contributed by atoms with E-state index < -0.39 is 31.2 Å². The Morgan fingerprint density at radius 2 is 1.79 bits per heavy atom. The van der Waals surface area contributed by atoms with Crippen LogP contribution in [0.25, 0.3) is 0 Å². The summed E-state index contributed by atoms with van der Waals surface area (Å²) in [4.78, 5) is 17.6. The molecule has 0 saturated carbocycles. The molecule has 1 aliphatic rings. The van der Waals surface area contributed by atoms with Crippen LogP contribution in [0.3, 0.4) is 0 Å². The molecule has 4 atom stereocenters. The number of nitrogens with one attached hydrogen (secondary N) is 1. The predicted octanol–water partition coefficient (Wildman–Crippen LogP) is -2.78. The Morgan fingerprint density at radius 1 is 1.21 bits per heavy atom. The van der Waals surface area contributed by atoms with Crippen LogP contribution in [0.4, 0.5) is 0 Å². The van der Waals surface area contributed by atoms with E-state index in [9.17, 15) is 5.11 Å². The average molecular weight is 245 g/mol. The highest BCUT2D eigenvalue weighted by molar-refractivity contribution is 8.08. The van der Waals surface area contributed by atoms with E-state index in [1.807, 2.05) is 0 Å². The van der Waals surface area contributed by atoms with E-state index in [0.29, 0.717) is 0 Å². The molecule has 6 N–H and O–H groups in total. The van der Waals surface area contributed by atoms with Gasteiger partial charge in [0.1, 0.15) is 18.3 Å². The lowest BCUT2D eigenvalue weighted by molar-refractivity contribution is -0.125. The molecule has 1 saturated heterocycles. The molecule has 84 valence electrons. The summed E-state index contributed by atoms with van der Waals surface area (Å²) in [5.74, 6) is 0. The third-order valence-electron chi connectivity index (χ3n) is 1.84. The fourth-order valence-electron chi connectivity index (χ4n) is 1.11. The summed E-state index contributed by atoms with van der Waals surface area (Å²) in [6, 6.07) is 0. The van der Waals surface area contributed by atoms with E-state index in [-0.39, 0.29) is 6.54 Å². The first-order chi connectivity index (χ1) is 6.31. The third-order valence-corrected chi connectivity index (χ3v) is 2.82. The van der Waals surface area contributed by atoms with Crippen LogP contribution in [0.2, 0.25) is 0 Å². The highest BCUT2D eigenvalue weighted by Gasteiger charge is 2.41. The van der Waals surface area contributed by atoms with Gasteiger partial charge < -0.3 is 29.8 Å². The minimum Gasteiger partial charge on any atom is -0.387 e. The van der Waals surface area contributed by atoms with Crippen LogP contribution in [0.5, 0.6) is 0 Å². The second-order valence-corrected chi connectivity index (χ2v) is 5.88. The SMILES string of the molecule is OC1C(O)[C@@H](CNP(O)(O)=S)O[C@H]1O. The second kappa shape index (κ2) is 4.48. The van der Waals surface area contributed by atoms with Crippen LogP contribution in [0.15, 0.2) is 0 Å². The molecule has 1 heterocycles. The number of aliphatic hydroxyl groups excluding tert-OH is 3. The zero-order valence-corrected chi connectivity index (χ0v) is 8.73. The first-order valence-electron chi connectivity index (χ1n) is 3.81. The lowest BCUT2D eigenvalue weighted by atomic mass is 10.1. The van der Waals surface area contributed by atoms with Crippen LogP contribution >= 0.6 is 6.64 Å². The highest BCUT2D eigenvalue weighted by atomic mass is 32.5. The Hall–Kier alpha value is 0.370. The van der Waals surface area contributed by atoms with Gasteiger partial charge in [0.15, 0.2) is 6.29 Å². The molecule has 0 amide bonds. The Morgan fingerprint density at radius 3 is 2.14 bits per heavy atom. The van der Waals surface area contributed by atoms with Crippen molar-refractivity contribution in [2.75, 3.05) is 6.54 Å². The second-order valence-electron chi connectivity index (χ2n) is 2.95. The monoisotopic (exact) mass is 245 g/mol. The van der Waals surface area contributed by atoms with Gasteiger partial charge in [-0.15, -0.1) is 0 Å². The molecule has 0 aromatic heterocycles. The predicted molar refractivity (Wildman–Crippen MR) is 49.6 cm³/mol. The first kappa shape index (κ1) is 12.4. The van der Waals surface area contributed by atoms with Crippen LogP contribution in [-0.4, -0.2) is 56.3 Å². The molecule has 1 fully saturated rings. The Labute approximate surface area is 85.2 Å². The summed E-state index contributed by atoms with van der Waals surface area (Å²) in [5, 5.41) is 29.5. The van der Waals surface area contributed by atoms with Crippen molar-refractivity contribution in [2.24, 2.45) is 0 Å². The van der Waals surface area contributed by atoms with Gasteiger partial charge in [0.05, 0.1) is 0 Å². The van der Waals surface area contributed by atoms with E-state index in [4.69, 9.17) is 24.7 Å². The fraction of sp³-hybridized carbons (Fsp3) is 1.00. The maximum atomic E-state index is 9.26. The van der Waals surface area contributed by atoms with E-state index >= 15 is 0 Å². The molecular formula is C5H12NO6PS. The largest absolute Gasteiger partial charge is 0.387 e. The van der Waals surface area contributed by atoms with Crippen LogP contribution in [-0.2, 0) is 16.5 Å². The van der Waals surface area contributed by atoms with Gasteiger partial charge in [-0.2, -0.15) is 0 Å². The number of ether oxygens (including phenoxy) is 1. The summed E-state index contributed by atoms with van der Waals surface area (Å²) in [5.41, 5.74) is 0. The van der Waals surface area contributed by atoms with Crippen molar-refractivity contribution >= 4 is 18.4 Å². The van der Waals surface area contributed by atoms with E-state index in [2.05, 4.69) is 16.9 Å². The molecule has 9 heteroatoms. The third kappa shape index (κ3) is 3.20. The van der Waals surface area contributed by atoms with E-state index in [0.717, 1.165) is 0 Å². The van der Waals surface area contributed by atoms with Gasteiger partial charge >= 0.3 is 0 Å². The number of hydrogen-bond donors (Lipinski definition) is 6. The summed E-state index contributed by atoms with van der Waals surface area (Å²) in [6.45, 7) is -3.71. The summed E-state index contributed by atoms with van der Waals surface area (Å²) < 4.78 is 4.72. The molecule has 14 heavy (non-hydrogen) atoms. The molecule has 0 radical (unpaired) electrons. The van der Waals surface area contributed by atoms with Crippen molar-refractivity contribution in [3.05, 3.63) is 0 Å². The van der Waals surface area contributed by atoms with Gasteiger partial charge in [0, 0.05) is 6.54 Å². The smallest absolute Gasteiger partial charge is 0.256 e. The maximum Gasteiger partial charge on any atom is 0.256 e. The van der Waals surface area contributed by atoms with Crippen molar-refractivity contribution in [1.82, 2.24) is 5.09 Å². The van der Waals surface area contributed by atoms with Gasteiger partial charge in [-0.05, 0) is 11.8 Å². The minimum absolute atomic E-state index is 0.153. The van der Waals surface area contributed by atoms with Crippen LogP contribution in [0.1, 0.15) is 0 Å². The molecule has 0 aromatic rings. The average Bonchev–Trinajstić information content (AvgIpc) is 2.28. The van der Waals surface area contributed by atoms with Crippen LogP contribution < -0.4 is 5.09 Å². The Balaban J connectivity index is 2.44. The Kier molecular flexibility index (Phi) is 3.98. The summed E-state index contributed by atoms with van der Waals surface area (Å²) in [6.07, 6.45) is -5.05. The molecular weight excluding hydrogens is 233 g/mol. The number of rotatable bonds is 3. The number of hydrogen-bond acceptors (Lipinski definition) is 5. The maximum absolute atomic E-state index is 9.26. The highest BCUT2D eigenvalue weighted by Crippen LogP contribution is 2.29. The van der Waals surface area contributed by atoms with Crippen molar-refractivity contribution < 1.29 is 29.8 Å². The normalized spacial score (nSPS) is 38.9. The fourth-order valence-corrected chi connectivity index (χ4v) is 1.75. The Bertz CT molecular complexity index is 246. The van der Waals surface area contributed by atoms with Gasteiger partial charge in [-0.25, -0.2) is 5.09 Å². The van der Waals surface area contributed by atoms with Crippen molar-refractivity contribution in [3.8, 4) is 0 Å².